The SMILES string of the molecule is CCCc1nn(C)c(NCC2CCCCS2)c1N. The number of hydrogen-bond donors (Lipinski definition) is 2. The quantitative estimate of drug-likeness (QED) is 0.862. The van der Waals surface area contributed by atoms with E-state index in [0.29, 0.717) is 0 Å². The van der Waals surface area contributed by atoms with Crippen molar-refractivity contribution in [2.24, 2.45) is 7.05 Å². The highest BCUT2D eigenvalue weighted by Crippen LogP contribution is 2.27. The number of anilines is 2. The fourth-order valence-electron chi connectivity index (χ4n) is 2.41. The maximum absolute atomic E-state index is 6.15. The van der Waals surface area contributed by atoms with Gasteiger partial charge in [0.2, 0.25) is 0 Å². The van der Waals surface area contributed by atoms with Gasteiger partial charge in [-0.05, 0) is 25.0 Å². The van der Waals surface area contributed by atoms with Gasteiger partial charge < -0.3 is 11.1 Å². The van der Waals surface area contributed by atoms with Crippen molar-refractivity contribution in [2.75, 3.05) is 23.3 Å². The lowest BCUT2D eigenvalue weighted by atomic mass is 10.2. The normalized spacial score (nSPS) is 20.0. The summed E-state index contributed by atoms with van der Waals surface area (Å²) in [5.41, 5.74) is 8.01. The Morgan fingerprint density at radius 3 is 3.00 bits per heavy atom. The summed E-state index contributed by atoms with van der Waals surface area (Å²) in [7, 11) is 1.96. The average Bonchev–Trinajstić information content (AvgIpc) is 2.64. The summed E-state index contributed by atoms with van der Waals surface area (Å²) in [4.78, 5) is 0. The van der Waals surface area contributed by atoms with E-state index >= 15 is 0 Å². The molecule has 18 heavy (non-hydrogen) atoms. The Morgan fingerprint density at radius 2 is 2.33 bits per heavy atom. The van der Waals surface area contributed by atoms with Crippen LogP contribution in [0.1, 0.15) is 38.3 Å². The Hall–Kier alpha value is -0.840. The largest absolute Gasteiger partial charge is 0.394 e. The molecule has 1 aromatic rings. The van der Waals surface area contributed by atoms with Crippen LogP contribution in [0.25, 0.3) is 0 Å². The minimum absolute atomic E-state index is 0.725. The van der Waals surface area contributed by atoms with E-state index in [9.17, 15) is 0 Å². The van der Waals surface area contributed by atoms with Gasteiger partial charge in [0, 0.05) is 18.8 Å². The number of aromatic nitrogens is 2. The van der Waals surface area contributed by atoms with Crippen LogP contribution in [0.4, 0.5) is 11.5 Å². The van der Waals surface area contributed by atoms with Gasteiger partial charge in [-0.25, -0.2) is 0 Å². The van der Waals surface area contributed by atoms with Crippen molar-refractivity contribution in [1.82, 2.24) is 9.78 Å². The molecule has 2 heterocycles. The second kappa shape index (κ2) is 6.36. The monoisotopic (exact) mass is 268 g/mol. The molecular weight excluding hydrogens is 244 g/mol. The summed E-state index contributed by atoms with van der Waals surface area (Å²) in [6.45, 7) is 3.15. The van der Waals surface area contributed by atoms with Crippen LogP contribution in [0.3, 0.4) is 0 Å². The van der Waals surface area contributed by atoms with Crippen molar-refractivity contribution in [3.05, 3.63) is 5.69 Å². The topological polar surface area (TPSA) is 55.9 Å². The molecule has 5 heteroatoms. The second-order valence-electron chi connectivity index (χ2n) is 4.95. The predicted octanol–water partition coefficient (Wildman–Crippen LogP) is 2.65. The van der Waals surface area contributed by atoms with E-state index < -0.39 is 0 Å². The predicted molar refractivity (Wildman–Crippen MR) is 80.2 cm³/mol. The lowest BCUT2D eigenvalue weighted by molar-refractivity contribution is 0.672. The zero-order chi connectivity index (χ0) is 13.0. The van der Waals surface area contributed by atoms with E-state index in [1.54, 1.807) is 0 Å². The zero-order valence-corrected chi connectivity index (χ0v) is 12.2. The zero-order valence-electron chi connectivity index (χ0n) is 11.4. The van der Waals surface area contributed by atoms with Gasteiger partial charge in [-0.15, -0.1) is 0 Å². The average molecular weight is 268 g/mol. The van der Waals surface area contributed by atoms with Crippen molar-refractivity contribution in [2.45, 2.75) is 44.3 Å². The second-order valence-corrected chi connectivity index (χ2v) is 6.36. The Kier molecular flexibility index (Phi) is 4.80. The van der Waals surface area contributed by atoms with Gasteiger partial charge in [0.05, 0.1) is 11.4 Å². The molecule has 4 nitrogen and oxygen atoms in total. The first-order chi connectivity index (χ1) is 8.72. The lowest BCUT2D eigenvalue weighted by Crippen LogP contribution is -2.21. The van der Waals surface area contributed by atoms with Gasteiger partial charge in [0.1, 0.15) is 5.82 Å². The smallest absolute Gasteiger partial charge is 0.147 e. The lowest BCUT2D eigenvalue weighted by Gasteiger charge is -2.22. The molecule has 1 aliphatic rings. The van der Waals surface area contributed by atoms with Crippen LogP contribution in [-0.2, 0) is 13.5 Å². The Morgan fingerprint density at radius 1 is 1.50 bits per heavy atom. The minimum Gasteiger partial charge on any atom is -0.394 e. The first kappa shape index (κ1) is 13.6. The summed E-state index contributed by atoms with van der Waals surface area (Å²) in [6, 6.07) is 0. The van der Waals surface area contributed by atoms with Crippen LogP contribution in [0, 0.1) is 0 Å². The summed E-state index contributed by atoms with van der Waals surface area (Å²) in [5.74, 6) is 2.29. The third-order valence-corrected chi connectivity index (χ3v) is 4.82. The molecule has 0 spiro atoms. The summed E-state index contributed by atoms with van der Waals surface area (Å²) in [6.07, 6.45) is 6.09. The fourth-order valence-corrected chi connectivity index (χ4v) is 3.64. The minimum atomic E-state index is 0.725. The molecule has 1 atom stereocenters. The number of nitrogens with zero attached hydrogens (tertiary/aromatic N) is 2. The van der Waals surface area contributed by atoms with Gasteiger partial charge in [0.25, 0.3) is 0 Å². The number of hydrogen-bond acceptors (Lipinski definition) is 4. The molecule has 2 rings (SSSR count). The maximum Gasteiger partial charge on any atom is 0.147 e. The van der Waals surface area contributed by atoms with E-state index in [2.05, 4.69) is 29.1 Å². The summed E-state index contributed by atoms with van der Waals surface area (Å²) < 4.78 is 1.88. The van der Waals surface area contributed by atoms with Gasteiger partial charge >= 0.3 is 0 Å². The van der Waals surface area contributed by atoms with Crippen LogP contribution in [0.15, 0.2) is 0 Å². The van der Waals surface area contributed by atoms with E-state index in [1.165, 1.54) is 25.0 Å². The Bertz CT molecular complexity index is 383. The molecule has 1 saturated heterocycles. The number of aryl methyl sites for hydroxylation is 2. The summed E-state index contributed by atoms with van der Waals surface area (Å²) in [5, 5.41) is 8.70. The molecule has 0 aliphatic carbocycles. The van der Waals surface area contributed by atoms with Gasteiger partial charge in [-0.1, -0.05) is 19.8 Å². The van der Waals surface area contributed by atoms with Gasteiger partial charge in [-0.3, -0.25) is 4.68 Å². The molecule has 1 aliphatic heterocycles. The van der Waals surface area contributed by atoms with E-state index in [1.807, 2.05) is 11.7 Å². The highest BCUT2D eigenvalue weighted by molar-refractivity contribution is 7.99. The van der Waals surface area contributed by atoms with Crippen molar-refractivity contribution in [3.8, 4) is 0 Å². The molecule has 1 aromatic heterocycles. The van der Waals surface area contributed by atoms with Crippen molar-refractivity contribution in [3.63, 3.8) is 0 Å². The molecule has 0 bridgehead atoms. The third-order valence-electron chi connectivity index (χ3n) is 3.42. The Labute approximate surface area is 114 Å². The van der Waals surface area contributed by atoms with Crippen molar-refractivity contribution in [1.29, 1.82) is 0 Å². The number of nitrogens with one attached hydrogen (secondary N) is 1. The van der Waals surface area contributed by atoms with Gasteiger partial charge in [-0.2, -0.15) is 16.9 Å². The van der Waals surface area contributed by atoms with E-state index in [4.69, 9.17) is 5.73 Å². The number of thioether (sulfide) groups is 1. The van der Waals surface area contributed by atoms with Crippen LogP contribution in [0.5, 0.6) is 0 Å². The molecular formula is C13H24N4S. The maximum atomic E-state index is 6.15. The molecule has 0 radical (unpaired) electrons. The van der Waals surface area contributed by atoms with Crippen molar-refractivity contribution < 1.29 is 0 Å². The van der Waals surface area contributed by atoms with Crippen molar-refractivity contribution >= 4 is 23.3 Å². The van der Waals surface area contributed by atoms with Crippen LogP contribution in [0.2, 0.25) is 0 Å². The summed E-state index contributed by atoms with van der Waals surface area (Å²) >= 11 is 2.08. The molecule has 1 unspecified atom stereocenters. The molecule has 102 valence electrons. The van der Waals surface area contributed by atoms with Gasteiger partial charge in [0.15, 0.2) is 0 Å². The van der Waals surface area contributed by atoms with Crippen LogP contribution >= 0.6 is 11.8 Å². The van der Waals surface area contributed by atoms with Crippen LogP contribution in [-0.4, -0.2) is 27.3 Å². The first-order valence-electron chi connectivity index (χ1n) is 6.89. The Balaban J connectivity index is 1.95. The van der Waals surface area contributed by atoms with E-state index in [-0.39, 0.29) is 0 Å². The number of nitrogens with two attached hydrogens (primary N) is 1. The molecule has 1 fully saturated rings. The highest BCUT2D eigenvalue weighted by atomic mass is 32.2. The fraction of sp³-hybridized carbons (Fsp3) is 0.769. The number of nitrogen functional groups attached to an aromatic ring is 1. The molecule has 0 aromatic carbocycles. The standard InChI is InChI=1S/C13H24N4S/c1-3-6-11-12(14)13(17(2)16-11)15-9-10-7-4-5-8-18-10/h10,15H,3-9,14H2,1-2H3. The molecule has 0 amide bonds. The third kappa shape index (κ3) is 3.13. The molecule has 0 saturated carbocycles. The van der Waals surface area contributed by atoms with Crippen LogP contribution < -0.4 is 11.1 Å². The highest BCUT2D eigenvalue weighted by Gasteiger charge is 2.16. The first-order valence-corrected chi connectivity index (χ1v) is 7.94. The molecule has 3 N–H and O–H groups in total. The van der Waals surface area contributed by atoms with E-state index in [0.717, 1.165) is 41.8 Å². The number of rotatable bonds is 5.